The zero-order valence-corrected chi connectivity index (χ0v) is 11.1. The number of rotatable bonds is 2. The molecule has 0 radical (unpaired) electrons. The molecule has 0 aliphatic carbocycles. The van der Waals surface area contributed by atoms with Gasteiger partial charge in [-0.25, -0.2) is 0 Å². The maximum atomic E-state index is 8.72. The van der Waals surface area contributed by atoms with Crippen molar-refractivity contribution in [2.45, 2.75) is 0 Å². The Morgan fingerprint density at radius 1 is 1.20 bits per heavy atom. The highest BCUT2D eigenvalue weighted by Crippen LogP contribution is 2.45. The Hall–Kier alpha value is -2.70. The van der Waals surface area contributed by atoms with E-state index < -0.39 is 0 Å². The van der Waals surface area contributed by atoms with Crippen LogP contribution in [0.25, 0.3) is 16.7 Å². The van der Waals surface area contributed by atoms with E-state index >= 15 is 0 Å². The highest BCUT2D eigenvalue weighted by Gasteiger charge is 2.21. The van der Waals surface area contributed by atoms with Crippen LogP contribution in [0.2, 0.25) is 0 Å². The normalized spacial score (nSPS) is 12.3. The number of fused-ring (bicyclic) bond motifs is 1. The molecule has 98 valence electrons. The van der Waals surface area contributed by atoms with Crippen molar-refractivity contribution >= 4 is 17.4 Å². The van der Waals surface area contributed by atoms with Crippen LogP contribution in [0.15, 0.2) is 27.5 Å². The molecule has 0 amide bonds. The van der Waals surface area contributed by atoms with Crippen molar-refractivity contribution in [3.63, 3.8) is 0 Å². The lowest BCUT2D eigenvalue weighted by atomic mass is 10.2. The number of hydrogen-bond donors (Lipinski definition) is 0. The van der Waals surface area contributed by atoms with Crippen molar-refractivity contribution in [3.8, 4) is 34.3 Å². The molecular formula is C14H8N2O3S. The monoisotopic (exact) mass is 284 g/mol. The van der Waals surface area contributed by atoms with E-state index in [9.17, 15) is 0 Å². The molecule has 3 heterocycles. The van der Waals surface area contributed by atoms with E-state index in [1.165, 1.54) is 17.4 Å². The first kappa shape index (κ1) is 12.3. The van der Waals surface area contributed by atoms with Gasteiger partial charge in [-0.2, -0.15) is 10.5 Å². The summed E-state index contributed by atoms with van der Waals surface area (Å²) in [5.74, 6) is 2.49. The van der Waals surface area contributed by atoms with Crippen molar-refractivity contribution in [1.82, 2.24) is 0 Å². The zero-order chi connectivity index (χ0) is 13.9. The van der Waals surface area contributed by atoms with Crippen LogP contribution in [-0.4, -0.2) is 13.2 Å². The molecule has 3 rings (SSSR count). The van der Waals surface area contributed by atoms with Crippen LogP contribution in [0, 0.1) is 22.7 Å². The Morgan fingerprint density at radius 3 is 2.80 bits per heavy atom. The molecule has 0 saturated carbocycles. The Labute approximate surface area is 118 Å². The Morgan fingerprint density at radius 2 is 2.00 bits per heavy atom. The van der Waals surface area contributed by atoms with E-state index in [2.05, 4.69) is 0 Å². The lowest BCUT2D eigenvalue weighted by molar-refractivity contribution is 0.174. The molecule has 0 aromatic carbocycles. The first-order valence-electron chi connectivity index (χ1n) is 5.81. The summed E-state index contributed by atoms with van der Waals surface area (Å²) >= 11 is 1.47. The summed E-state index contributed by atoms with van der Waals surface area (Å²) in [6, 6.07) is 7.07. The molecule has 6 heteroatoms. The van der Waals surface area contributed by atoms with Gasteiger partial charge >= 0.3 is 0 Å². The van der Waals surface area contributed by atoms with Crippen molar-refractivity contribution in [3.05, 3.63) is 28.8 Å². The Bertz CT molecular complexity index is 742. The molecule has 1 aliphatic rings. The topological polar surface area (TPSA) is 79.2 Å². The number of ether oxygens (including phenoxy) is 2. The molecule has 0 saturated heterocycles. The van der Waals surface area contributed by atoms with Crippen molar-refractivity contribution < 1.29 is 13.9 Å². The quantitative estimate of drug-likeness (QED) is 0.791. The standard InChI is InChI=1S/C14H8N2O3S/c15-6-9(7-16)5-10-1-2-11(19-10)14-13-12(8-20-14)17-3-4-18-13/h1-2,5,8H,3-4H2. The summed E-state index contributed by atoms with van der Waals surface area (Å²) in [6.07, 6.45) is 1.40. The average Bonchev–Trinajstić information content (AvgIpc) is 3.11. The Balaban J connectivity index is 1.95. The number of nitrogens with zero attached hydrogens (tertiary/aromatic N) is 2. The smallest absolute Gasteiger partial charge is 0.183 e. The number of nitriles is 2. The van der Waals surface area contributed by atoms with Gasteiger partial charge < -0.3 is 13.9 Å². The van der Waals surface area contributed by atoms with Gasteiger partial charge in [-0.1, -0.05) is 0 Å². The van der Waals surface area contributed by atoms with Crippen LogP contribution in [0.1, 0.15) is 5.76 Å². The summed E-state index contributed by atoms with van der Waals surface area (Å²) in [5, 5.41) is 19.3. The minimum Gasteiger partial charge on any atom is -0.485 e. The van der Waals surface area contributed by atoms with E-state index in [1.54, 1.807) is 24.3 Å². The third-order valence-corrected chi connectivity index (χ3v) is 3.63. The first-order valence-corrected chi connectivity index (χ1v) is 6.69. The SMILES string of the molecule is N#CC(C#N)=Cc1ccc(-c2scc3c2OCCO3)o1. The highest BCUT2D eigenvalue weighted by molar-refractivity contribution is 7.14. The Kier molecular flexibility index (Phi) is 3.16. The van der Waals surface area contributed by atoms with Gasteiger partial charge in [0.1, 0.15) is 47.3 Å². The molecule has 1 aliphatic heterocycles. The van der Waals surface area contributed by atoms with Gasteiger partial charge in [-0.05, 0) is 12.1 Å². The molecule has 0 spiro atoms. The molecule has 5 nitrogen and oxygen atoms in total. The van der Waals surface area contributed by atoms with E-state index in [4.69, 9.17) is 24.4 Å². The molecule has 0 fully saturated rings. The first-order chi connectivity index (χ1) is 9.81. The maximum Gasteiger partial charge on any atom is 0.183 e. The fourth-order valence-electron chi connectivity index (χ4n) is 1.82. The lowest BCUT2D eigenvalue weighted by Gasteiger charge is -2.15. The summed E-state index contributed by atoms with van der Waals surface area (Å²) in [7, 11) is 0. The molecular weight excluding hydrogens is 276 g/mol. The molecule has 0 N–H and O–H groups in total. The maximum absolute atomic E-state index is 8.72. The highest BCUT2D eigenvalue weighted by atomic mass is 32.1. The number of hydrogen-bond acceptors (Lipinski definition) is 6. The van der Waals surface area contributed by atoms with Crippen LogP contribution >= 0.6 is 11.3 Å². The van der Waals surface area contributed by atoms with E-state index in [-0.39, 0.29) is 5.57 Å². The third-order valence-electron chi connectivity index (χ3n) is 2.68. The van der Waals surface area contributed by atoms with Crippen LogP contribution < -0.4 is 9.47 Å². The second-order valence-corrected chi connectivity index (χ2v) is 4.82. The van der Waals surface area contributed by atoms with Gasteiger partial charge in [0.2, 0.25) is 0 Å². The van der Waals surface area contributed by atoms with Crippen molar-refractivity contribution in [2.24, 2.45) is 0 Å². The largest absolute Gasteiger partial charge is 0.485 e. The van der Waals surface area contributed by atoms with E-state index in [0.29, 0.717) is 30.5 Å². The minimum atomic E-state index is -0.00121. The van der Waals surface area contributed by atoms with E-state index in [1.807, 2.05) is 5.38 Å². The van der Waals surface area contributed by atoms with Gasteiger partial charge in [0.25, 0.3) is 0 Å². The summed E-state index contributed by atoms with van der Waals surface area (Å²) in [5.41, 5.74) is -0.00121. The van der Waals surface area contributed by atoms with Crippen molar-refractivity contribution in [1.29, 1.82) is 10.5 Å². The molecule has 2 aromatic rings. The van der Waals surface area contributed by atoms with Gasteiger partial charge in [-0.3, -0.25) is 0 Å². The predicted octanol–water partition coefficient (Wildman–Crippen LogP) is 3.21. The second-order valence-electron chi connectivity index (χ2n) is 3.94. The molecule has 0 bridgehead atoms. The zero-order valence-electron chi connectivity index (χ0n) is 10.3. The van der Waals surface area contributed by atoms with Crippen molar-refractivity contribution in [2.75, 3.05) is 13.2 Å². The summed E-state index contributed by atoms with van der Waals surface area (Å²) in [4.78, 5) is 0.842. The van der Waals surface area contributed by atoms with Crippen LogP contribution in [-0.2, 0) is 0 Å². The van der Waals surface area contributed by atoms with Crippen LogP contribution in [0.3, 0.4) is 0 Å². The predicted molar refractivity (Wildman–Crippen MR) is 72.2 cm³/mol. The van der Waals surface area contributed by atoms with Gasteiger partial charge in [-0.15, -0.1) is 11.3 Å². The summed E-state index contributed by atoms with van der Waals surface area (Å²) in [6.45, 7) is 1.06. The number of furan rings is 1. The van der Waals surface area contributed by atoms with Gasteiger partial charge in [0.15, 0.2) is 11.5 Å². The third kappa shape index (κ3) is 2.13. The second kappa shape index (κ2) is 5.12. The summed E-state index contributed by atoms with van der Waals surface area (Å²) < 4.78 is 16.7. The van der Waals surface area contributed by atoms with Gasteiger partial charge in [0, 0.05) is 11.5 Å². The molecule has 2 aromatic heterocycles. The molecule has 0 atom stereocenters. The van der Waals surface area contributed by atoms with Gasteiger partial charge in [0.05, 0.1) is 0 Å². The lowest BCUT2D eigenvalue weighted by Crippen LogP contribution is -2.14. The fourth-order valence-corrected chi connectivity index (χ4v) is 2.71. The fraction of sp³-hybridized carbons (Fsp3) is 0.143. The van der Waals surface area contributed by atoms with Crippen LogP contribution in [0.5, 0.6) is 11.5 Å². The van der Waals surface area contributed by atoms with E-state index in [0.717, 1.165) is 10.6 Å². The van der Waals surface area contributed by atoms with Crippen LogP contribution in [0.4, 0.5) is 0 Å². The number of allylic oxidation sites excluding steroid dienone is 1. The number of thiophene rings is 1. The minimum absolute atomic E-state index is 0.00121. The molecule has 20 heavy (non-hydrogen) atoms. The molecule has 0 unspecified atom stereocenters. The average molecular weight is 284 g/mol.